The molecule has 0 radical (unpaired) electrons. The van der Waals surface area contributed by atoms with E-state index in [1.807, 2.05) is 30.3 Å². The van der Waals surface area contributed by atoms with E-state index in [-0.39, 0.29) is 6.07 Å². The standard InChI is InChI=1S/C17H10F5N3S/c18-13-6-11(12(7-14(13)19)17(20,21)22)8-23-25-16-24-15(9-26-16)10-4-2-1-3-5-10/h1-9H,(H,24,25). The molecule has 0 fully saturated rings. The molecule has 1 N–H and O–H groups in total. The first-order chi connectivity index (χ1) is 12.3. The van der Waals surface area contributed by atoms with Crippen molar-refractivity contribution in [2.45, 2.75) is 6.18 Å². The molecule has 1 aromatic heterocycles. The smallest absolute Gasteiger partial charge is 0.253 e. The largest absolute Gasteiger partial charge is 0.417 e. The molecule has 0 aliphatic rings. The van der Waals surface area contributed by atoms with E-state index >= 15 is 0 Å². The maximum Gasteiger partial charge on any atom is 0.417 e. The SMILES string of the molecule is Fc1cc(C=NNc2nc(-c3ccccc3)cs2)c(C(F)(F)F)cc1F. The number of alkyl halides is 3. The van der Waals surface area contributed by atoms with Crippen LogP contribution in [-0.4, -0.2) is 11.2 Å². The van der Waals surface area contributed by atoms with Crippen LogP contribution in [0, 0.1) is 11.6 Å². The Morgan fingerprint density at radius 3 is 2.42 bits per heavy atom. The summed E-state index contributed by atoms with van der Waals surface area (Å²) in [5.74, 6) is -2.96. The molecule has 3 aromatic rings. The highest BCUT2D eigenvalue weighted by atomic mass is 32.1. The van der Waals surface area contributed by atoms with Gasteiger partial charge in [-0.2, -0.15) is 18.3 Å². The van der Waals surface area contributed by atoms with Gasteiger partial charge in [-0.3, -0.25) is 5.43 Å². The van der Waals surface area contributed by atoms with Crippen LogP contribution in [0.25, 0.3) is 11.3 Å². The van der Waals surface area contributed by atoms with E-state index < -0.39 is 28.9 Å². The van der Waals surface area contributed by atoms with Gasteiger partial charge in [0.05, 0.1) is 17.5 Å². The highest BCUT2D eigenvalue weighted by molar-refractivity contribution is 7.14. The maximum absolute atomic E-state index is 13.3. The van der Waals surface area contributed by atoms with Gasteiger partial charge in [-0.1, -0.05) is 30.3 Å². The average molecular weight is 383 g/mol. The number of nitrogens with zero attached hydrogens (tertiary/aromatic N) is 2. The molecule has 0 bridgehead atoms. The van der Waals surface area contributed by atoms with E-state index in [0.29, 0.717) is 16.9 Å². The summed E-state index contributed by atoms with van der Waals surface area (Å²) in [6, 6.07) is 9.83. The van der Waals surface area contributed by atoms with Crippen LogP contribution in [0.15, 0.2) is 52.9 Å². The Balaban J connectivity index is 1.79. The van der Waals surface area contributed by atoms with Crippen LogP contribution in [0.3, 0.4) is 0 Å². The Morgan fingerprint density at radius 1 is 1.04 bits per heavy atom. The number of hydrogen-bond acceptors (Lipinski definition) is 4. The fraction of sp³-hybridized carbons (Fsp3) is 0.0588. The van der Waals surface area contributed by atoms with Gasteiger partial charge in [-0.25, -0.2) is 13.8 Å². The quantitative estimate of drug-likeness (QED) is 0.364. The number of rotatable bonds is 4. The minimum atomic E-state index is -4.84. The van der Waals surface area contributed by atoms with Crippen LogP contribution >= 0.6 is 11.3 Å². The number of aromatic nitrogens is 1. The van der Waals surface area contributed by atoms with Crippen LogP contribution in [0.5, 0.6) is 0 Å². The molecule has 3 rings (SSSR count). The highest BCUT2D eigenvalue weighted by Crippen LogP contribution is 2.32. The minimum Gasteiger partial charge on any atom is -0.253 e. The Labute approximate surface area is 148 Å². The Kier molecular flexibility index (Phi) is 4.99. The first-order valence-electron chi connectivity index (χ1n) is 7.21. The van der Waals surface area contributed by atoms with Crippen LogP contribution in [-0.2, 0) is 6.18 Å². The molecule has 0 amide bonds. The van der Waals surface area contributed by atoms with Crippen molar-refractivity contribution in [1.82, 2.24) is 4.98 Å². The molecule has 0 saturated heterocycles. The van der Waals surface area contributed by atoms with Gasteiger partial charge in [0.15, 0.2) is 11.6 Å². The third kappa shape index (κ3) is 4.05. The third-order valence-electron chi connectivity index (χ3n) is 3.34. The number of nitrogens with one attached hydrogen (secondary N) is 1. The first-order valence-corrected chi connectivity index (χ1v) is 8.09. The zero-order chi connectivity index (χ0) is 18.7. The van der Waals surface area contributed by atoms with Crippen LogP contribution in [0.4, 0.5) is 27.1 Å². The van der Waals surface area contributed by atoms with Gasteiger partial charge in [0.25, 0.3) is 0 Å². The first kappa shape index (κ1) is 18.0. The lowest BCUT2D eigenvalue weighted by Crippen LogP contribution is -2.11. The van der Waals surface area contributed by atoms with Crippen molar-refractivity contribution in [3.05, 3.63) is 70.6 Å². The predicted molar refractivity (Wildman–Crippen MR) is 90.1 cm³/mol. The van der Waals surface area contributed by atoms with Crippen LogP contribution < -0.4 is 5.43 Å². The Bertz CT molecular complexity index is 935. The summed E-state index contributed by atoms with van der Waals surface area (Å²) >= 11 is 1.20. The summed E-state index contributed by atoms with van der Waals surface area (Å²) in [4.78, 5) is 4.25. The lowest BCUT2D eigenvalue weighted by Gasteiger charge is -2.10. The molecule has 26 heavy (non-hydrogen) atoms. The molecule has 0 spiro atoms. The topological polar surface area (TPSA) is 37.3 Å². The molecule has 0 atom stereocenters. The Hall–Kier alpha value is -2.81. The summed E-state index contributed by atoms with van der Waals surface area (Å²) in [6.07, 6.45) is -4.06. The van der Waals surface area contributed by atoms with Crippen molar-refractivity contribution < 1.29 is 22.0 Å². The van der Waals surface area contributed by atoms with Gasteiger partial charge >= 0.3 is 6.18 Å². The van der Waals surface area contributed by atoms with E-state index in [2.05, 4.69) is 15.5 Å². The molecule has 2 aromatic carbocycles. The van der Waals surface area contributed by atoms with E-state index in [1.165, 1.54) is 11.3 Å². The lowest BCUT2D eigenvalue weighted by molar-refractivity contribution is -0.137. The summed E-state index contributed by atoms with van der Waals surface area (Å²) in [7, 11) is 0. The summed E-state index contributed by atoms with van der Waals surface area (Å²) in [6.45, 7) is 0. The van der Waals surface area contributed by atoms with Gasteiger partial charge in [0.1, 0.15) is 0 Å². The molecular weight excluding hydrogens is 373 g/mol. The van der Waals surface area contributed by atoms with Gasteiger partial charge in [0, 0.05) is 16.5 Å². The second kappa shape index (κ2) is 7.20. The van der Waals surface area contributed by atoms with Gasteiger partial charge < -0.3 is 0 Å². The van der Waals surface area contributed by atoms with Crippen molar-refractivity contribution in [2.24, 2.45) is 5.10 Å². The van der Waals surface area contributed by atoms with Gasteiger partial charge in [-0.15, -0.1) is 11.3 Å². The van der Waals surface area contributed by atoms with E-state index in [9.17, 15) is 22.0 Å². The second-order valence-corrected chi connectivity index (χ2v) is 5.98. The fourth-order valence-electron chi connectivity index (χ4n) is 2.14. The molecule has 0 unspecified atom stereocenters. The molecule has 134 valence electrons. The summed E-state index contributed by atoms with van der Waals surface area (Å²) in [5, 5.41) is 5.75. The normalized spacial score (nSPS) is 11.9. The fourth-order valence-corrected chi connectivity index (χ4v) is 2.81. The summed E-state index contributed by atoms with van der Waals surface area (Å²) in [5.41, 5.74) is 2.14. The number of benzene rings is 2. The zero-order valence-electron chi connectivity index (χ0n) is 12.9. The lowest BCUT2D eigenvalue weighted by atomic mass is 10.1. The Morgan fingerprint density at radius 2 is 1.73 bits per heavy atom. The molecule has 1 heterocycles. The van der Waals surface area contributed by atoms with Crippen LogP contribution in [0.1, 0.15) is 11.1 Å². The molecule has 3 nitrogen and oxygen atoms in total. The minimum absolute atomic E-state index is 0.105. The van der Waals surface area contributed by atoms with Crippen molar-refractivity contribution in [2.75, 3.05) is 5.43 Å². The number of halogens is 5. The van der Waals surface area contributed by atoms with Crippen molar-refractivity contribution in [1.29, 1.82) is 0 Å². The molecule has 9 heteroatoms. The summed E-state index contributed by atoms with van der Waals surface area (Å²) < 4.78 is 65.1. The van der Waals surface area contributed by atoms with Gasteiger partial charge in [-0.05, 0) is 12.1 Å². The van der Waals surface area contributed by atoms with E-state index in [4.69, 9.17) is 0 Å². The second-order valence-electron chi connectivity index (χ2n) is 5.13. The third-order valence-corrected chi connectivity index (χ3v) is 4.08. The number of anilines is 1. The van der Waals surface area contributed by atoms with E-state index in [0.717, 1.165) is 11.8 Å². The number of hydrazone groups is 1. The van der Waals surface area contributed by atoms with Crippen LogP contribution in [0.2, 0.25) is 0 Å². The monoisotopic (exact) mass is 383 g/mol. The highest BCUT2D eigenvalue weighted by Gasteiger charge is 2.34. The van der Waals surface area contributed by atoms with Crippen molar-refractivity contribution >= 4 is 22.7 Å². The number of hydrogen-bond donors (Lipinski definition) is 1. The van der Waals surface area contributed by atoms with Gasteiger partial charge in [0.2, 0.25) is 5.13 Å². The zero-order valence-corrected chi connectivity index (χ0v) is 13.7. The predicted octanol–water partition coefficient (Wildman–Crippen LogP) is 5.55. The molecule has 0 aliphatic carbocycles. The molecular formula is C17H10F5N3S. The van der Waals surface area contributed by atoms with E-state index in [1.54, 1.807) is 5.38 Å². The maximum atomic E-state index is 13.3. The number of thiazole rings is 1. The molecule has 0 aliphatic heterocycles. The molecule has 0 saturated carbocycles. The van der Waals surface area contributed by atoms with Crippen molar-refractivity contribution in [3.63, 3.8) is 0 Å². The van der Waals surface area contributed by atoms with Crippen molar-refractivity contribution in [3.8, 4) is 11.3 Å². The average Bonchev–Trinajstić information content (AvgIpc) is 3.06.